The van der Waals surface area contributed by atoms with E-state index in [0.29, 0.717) is 5.69 Å². The van der Waals surface area contributed by atoms with Gasteiger partial charge in [0.25, 0.3) is 0 Å². The number of hydrogen-bond donors (Lipinski definition) is 0. The molecule has 0 fully saturated rings. The number of benzene rings is 1. The normalized spacial score (nSPS) is 11.1. The number of imidazole rings is 1. The van der Waals surface area contributed by atoms with Gasteiger partial charge in [0.1, 0.15) is 11.4 Å². The molecule has 0 spiro atoms. The molecule has 20 heavy (non-hydrogen) atoms. The summed E-state index contributed by atoms with van der Waals surface area (Å²) in [7, 11) is 0. The Labute approximate surface area is 121 Å². The fourth-order valence-electron chi connectivity index (χ4n) is 2.46. The first kappa shape index (κ1) is 13.1. The minimum Gasteiger partial charge on any atom is -0.296 e. The van der Waals surface area contributed by atoms with Crippen molar-refractivity contribution in [1.82, 2.24) is 9.38 Å². The predicted octanol–water partition coefficient (Wildman–Crippen LogP) is 4.14. The summed E-state index contributed by atoms with van der Waals surface area (Å²) >= 11 is 1.56. The Kier molecular flexibility index (Phi) is 3.40. The van der Waals surface area contributed by atoms with Crippen LogP contribution in [0.25, 0.3) is 16.2 Å². The van der Waals surface area contributed by atoms with Crippen molar-refractivity contribution in [2.75, 3.05) is 0 Å². The monoisotopic (exact) mass is 284 g/mol. The van der Waals surface area contributed by atoms with Crippen LogP contribution in [0.5, 0.6) is 0 Å². The van der Waals surface area contributed by atoms with E-state index in [1.807, 2.05) is 16.7 Å². The quantitative estimate of drug-likeness (QED) is 0.675. The van der Waals surface area contributed by atoms with Gasteiger partial charge in [0.2, 0.25) is 0 Å². The largest absolute Gasteiger partial charge is 0.296 e. The third kappa shape index (κ3) is 2.06. The van der Waals surface area contributed by atoms with Crippen LogP contribution in [0.15, 0.2) is 29.6 Å². The summed E-state index contributed by atoms with van der Waals surface area (Å²) in [5.74, 6) is 0. The molecule has 0 bridgehead atoms. The highest BCUT2D eigenvalue weighted by Crippen LogP contribution is 2.27. The van der Waals surface area contributed by atoms with Crippen LogP contribution in [0.1, 0.15) is 35.1 Å². The molecule has 2 aromatic heterocycles. The van der Waals surface area contributed by atoms with E-state index in [-0.39, 0.29) is 0 Å². The second kappa shape index (κ2) is 5.21. The highest BCUT2D eigenvalue weighted by Gasteiger charge is 2.15. The Hall–Kier alpha value is -1.94. The van der Waals surface area contributed by atoms with Crippen LogP contribution in [-0.2, 0) is 6.42 Å². The molecular weight excluding hydrogens is 268 g/mol. The Bertz CT molecular complexity index is 753. The van der Waals surface area contributed by atoms with E-state index < -0.39 is 0 Å². The third-order valence-electron chi connectivity index (χ3n) is 3.45. The summed E-state index contributed by atoms with van der Waals surface area (Å²) in [6.45, 7) is 4.16. The molecule has 0 radical (unpaired) electrons. The summed E-state index contributed by atoms with van der Waals surface area (Å²) in [5.41, 5.74) is 4.79. The molecule has 4 heteroatoms. The lowest BCUT2D eigenvalue weighted by atomic mass is 10.1. The molecule has 0 aliphatic rings. The lowest BCUT2D eigenvalue weighted by Crippen LogP contribution is -1.93. The van der Waals surface area contributed by atoms with Gasteiger partial charge < -0.3 is 0 Å². The number of hydrogen-bond acceptors (Lipinski definition) is 3. The Morgan fingerprint density at radius 1 is 1.30 bits per heavy atom. The van der Waals surface area contributed by atoms with Crippen LogP contribution in [0.4, 0.5) is 0 Å². The molecule has 102 valence electrons. The van der Waals surface area contributed by atoms with Crippen molar-refractivity contribution in [2.45, 2.75) is 26.7 Å². The van der Waals surface area contributed by atoms with Crippen LogP contribution >= 0.6 is 11.3 Å². The second-order valence-corrected chi connectivity index (χ2v) is 5.74. The number of thiazole rings is 1. The maximum absolute atomic E-state index is 11.4. The fourth-order valence-corrected chi connectivity index (χ4v) is 3.33. The molecule has 0 atom stereocenters. The SMILES string of the molecule is CCCc1ccc(-c2nc3scc(C)n3c2C=O)cc1. The molecule has 0 aliphatic carbocycles. The summed E-state index contributed by atoms with van der Waals surface area (Å²) in [6, 6.07) is 8.35. The van der Waals surface area contributed by atoms with E-state index in [4.69, 9.17) is 0 Å². The number of nitrogens with zero attached hydrogens (tertiary/aromatic N) is 2. The van der Waals surface area contributed by atoms with Crippen molar-refractivity contribution in [3.05, 3.63) is 46.6 Å². The molecular formula is C16H16N2OS. The molecule has 3 aromatic rings. The van der Waals surface area contributed by atoms with E-state index in [0.717, 1.165) is 41.0 Å². The third-order valence-corrected chi connectivity index (χ3v) is 4.39. The zero-order valence-corrected chi connectivity index (χ0v) is 12.4. The smallest absolute Gasteiger partial charge is 0.195 e. The summed E-state index contributed by atoms with van der Waals surface area (Å²) < 4.78 is 1.92. The number of carbonyl (C=O) groups is 1. The minimum absolute atomic E-state index is 0.641. The standard InChI is InChI=1S/C16H16N2OS/c1-3-4-12-5-7-13(8-6-12)15-14(9-19)18-11(2)10-20-16(18)17-15/h5-10H,3-4H2,1-2H3. The molecule has 0 N–H and O–H groups in total. The van der Waals surface area contributed by atoms with Gasteiger partial charge in [-0.1, -0.05) is 37.6 Å². The van der Waals surface area contributed by atoms with Crippen LogP contribution in [0.2, 0.25) is 0 Å². The molecule has 0 aliphatic heterocycles. The fraction of sp³-hybridized carbons (Fsp3) is 0.250. The van der Waals surface area contributed by atoms with Gasteiger partial charge in [0.15, 0.2) is 11.2 Å². The van der Waals surface area contributed by atoms with E-state index in [9.17, 15) is 4.79 Å². The van der Waals surface area contributed by atoms with Gasteiger partial charge in [-0.05, 0) is 18.9 Å². The van der Waals surface area contributed by atoms with E-state index in [1.54, 1.807) is 11.3 Å². The van der Waals surface area contributed by atoms with Crippen molar-refractivity contribution >= 4 is 22.6 Å². The maximum atomic E-state index is 11.4. The average molecular weight is 284 g/mol. The summed E-state index contributed by atoms with van der Waals surface area (Å²) in [4.78, 5) is 16.9. The first-order valence-electron chi connectivity index (χ1n) is 6.75. The summed E-state index contributed by atoms with van der Waals surface area (Å²) in [5, 5.41) is 2.02. The molecule has 3 rings (SSSR count). The number of aldehydes is 1. The van der Waals surface area contributed by atoms with Crippen molar-refractivity contribution in [3.63, 3.8) is 0 Å². The topological polar surface area (TPSA) is 34.4 Å². The Balaban J connectivity index is 2.11. The van der Waals surface area contributed by atoms with Crippen LogP contribution in [0, 0.1) is 6.92 Å². The van der Waals surface area contributed by atoms with Gasteiger partial charge in [0.05, 0.1) is 0 Å². The number of rotatable bonds is 4. The van der Waals surface area contributed by atoms with Crippen molar-refractivity contribution < 1.29 is 4.79 Å². The molecule has 0 saturated heterocycles. The van der Waals surface area contributed by atoms with Gasteiger partial charge in [-0.15, -0.1) is 11.3 Å². The molecule has 0 saturated carbocycles. The van der Waals surface area contributed by atoms with Crippen molar-refractivity contribution in [1.29, 1.82) is 0 Å². The predicted molar refractivity (Wildman–Crippen MR) is 82.6 cm³/mol. The molecule has 0 amide bonds. The number of carbonyl (C=O) groups excluding carboxylic acids is 1. The number of aryl methyl sites for hydroxylation is 2. The van der Waals surface area contributed by atoms with Gasteiger partial charge in [-0.3, -0.25) is 9.20 Å². The van der Waals surface area contributed by atoms with Gasteiger partial charge >= 0.3 is 0 Å². The van der Waals surface area contributed by atoms with Gasteiger partial charge in [-0.2, -0.15) is 0 Å². The zero-order chi connectivity index (χ0) is 14.1. The first-order valence-corrected chi connectivity index (χ1v) is 7.63. The van der Waals surface area contributed by atoms with Crippen LogP contribution in [-0.4, -0.2) is 15.7 Å². The highest BCUT2D eigenvalue weighted by molar-refractivity contribution is 7.15. The number of aromatic nitrogens is 2. The highest BCUT2D eigenvalue weighted by atomic mass is 32.1. The molecule has 1 aromatic carbocycles. The van der Waals surface area contributed by atoms with E-state index in [1.165, 1.54) is 5.56 Å². The second-order valence-electron chi connectivity index (χ2n) is 4.91. The van der Waals surface area contributed by atoms with Crippen LogP contribution < -0.4 is 0 Å². The molecule has 0 unspecified atom stereocenters. The average Bonchev–Trinajstić information content (AvgIpc) is 3.00. The molecule has 2 heterocycles. The van der Waals surface area contributed by atoms with Gasteiger partial charge in [0, 0.05) is 16.6 Å². The lowest BCUT2D eigenvalue weighted by Gasteiger charge is -2.02. The molecule has 3 nitrogen and oxygen atoms in total. The van der Waals surface area contributed by atoms with Crippen molar-refractivity contribution in [3.8, 4) is 11.3 Å². The Morgan fingerprint density at radius 2 is 2.05 bits per heavy atom. The van der Waals surface area contributed by atoms with Gasteiger partial charge in [-0.25, -0.2) is 4.98 Å². The first-order chi connectivity index (χ1) is 9.74. The van der Waals surface area contributed by atoms with E-state index >= 15 is 0 Å². The Morgan fingerprint density at radius 3 is 2.70 bits per heavy atom. The zero-order valence-electron chi connectivity index (χ0n) is 11.6. The lowest BCUT2D eigenvalue weighted by molar-refractivity contribution is 0.111. The van der Waals surface area contributed by atoms with E-state index in [2.05, 4.69) is 36.2 Å². The maximum Gasteiger partial charge on any atom is 0.195 e. The number of fused-ring (bicyclic) bond motifs is 1. The summed E-state index contributed by atoms with van der Waals surface area (Å²) in [6.07, 6.45) is 3.12. The van der Waals surface area contributed by atoms with Crippen molar-refractivity contribution in [2.24, 2.45) is 0 Å². The van der Waals surface area contributed by atoms with Crippen LogP contribution in [0.3, 0.4) is 0 Å². The minimum atomic E-state index is 0.641.